The maximum absolute atomic E-state index is 11.5. The third-order valence-electron chi connectivity index (χ3n) is 2.43. The van der Waals surface area contributed by atoms with E-state index in [1.54, 1.807) is 0 Å². The van der Waals surface area contributed by atoms with Crippen molar-refractivity contribution in [1.82, 2.24) is 5.32 Å². The van der Waals surface area contributed by atoms with E-state index in [0.29, 0.717) is 19.6 Å². The van der Waals surface area contributed by atoms with Crippen molar-refractivity contribution in [3.8, 4) is 0 Å². The van der Waals surface area contributed by atoms with E-state index < -0.39 is 0 Å². The second-order valence-corrected chi connectivity index (χ2v) is 4.70. The van der Waals surface area contributed by atoms with Gasteiger partial charge in [-0.15, -0.1) is 0 Å². The number of benzene rings is 1. The molecule has 0 aliphatic rings. The average molecular weight is 300 g/mol. The number of anilines is 1. The third kappa shape index (κ3) is 4.02. The normalized spacial score (nSPS) is 10.1. The van der Waals surface area contributed by atoms with Gasteiger partial charge in [0.05, 0.1) is 6.54 Å². The first-order valence-electron chi connectivity index (χ1n) is 5.54. The van der Waals surface area contributed by atoms with Gasteiger partial charge >= 0.3 is 0 Å². The molecular weight excluding hydrogens is 282 g/mol. The Bertz CT molecular complexity index is 395. The molecule has 0 aromatic heterocycles. The largest absolute Gasteiger partial charge is 0.365 e. The van der Waals surface area contributed by atoms with Crippen molar-refractivity contribution >= 4 is 27.5 Å². The van der Waals surface area contributed by atoms with Crippen LogP contribution in [0, 0.1) is 0 Å². The Labute approximate surface area is 110 Å². The van der Waals surface area contributed by atoms with Gasteiger partial charge in [-0.2, -0.15) is 0 Å². The smallest absolute Gasteiger partial charge is 0.239 e. The van der Waals surface area contributed by atoms with E-state index in [4.69, 9.17) is 5.73 Å². The molecule has 3 N–H and O–H groups in total. The molecule has 0 heterocycles. The highest BCUT2D eigenvalue weighted by Crippen LogP contribution is 2.23. The average Bonchev–Trinajstić information content (AvgIpc) is 2.29. The number of nitrogens with zero attached hydrogens (tertiary/aromatic N) is 1. The molecule has 0 bridgehead atoms. The number of likely N-dealkylation sites (N-methyl/N-ethyl adjacent to an activating group) is 2. The molecule has 0 saturated heterocycles. The first kappa shape index (κ1) is 14.0. The zero-order valence-electron chi connectivity index (χ0n) is 10.2. The maximum atomic E-state index is 11.5. The first-order valence-corrected chi connectivity index (χ1v) is 6.34. The Hall–Kier alpha value is -1.07. The monoisotopic (exact) mass is 299 g/mol. The minimum Gasteiger partial charge on any atom is -0.365 e. The van der Waals surface area contributed by atoms with Crippen LogP contribution in [-0.2, 0) is 11.3 Å². The minimum absolute atomic E-state index is 0.0120. The predicted octanol–water partition coefficient (Wildman–Crippen LogP) is 1.48. The molecular formula is C12H18BrN3O. The van der Waals surface area contributed by atoms with E-state index in [2.05, 4.69) is 21.2 Å². The van der Waals surface area contributed by atoms with Crippen LogP contribution in [0.2, 0.25) is 0 Å². The molecule has 1 amide bonds. The quantitative estimate of drug-likeness (QED) is 0.866. The van der Waals surface area contributed by atoms with Gasteiger partial charge in [0.2, 0.25) is 5.91 Å². The summed E-state index contributed by atoms with van der Waals surface area (Å²) in [4.78, 5) is 13.4. The van der Waals surface area contributed by atoms with Crippen LogP contribution in [0.25, 0.3) is 0 Å². The molecule has 17 heavy (non-hydrogen) atoms. The molecule has 0 unspecified atom stereocenters. The SMILES string of the molecule is CCNC(=O)CN(C)c1cc(Br)ccc1CN. The van der Waals surface area contributed by atoms with Crippen molar-refractivity contribution in [2.75, 3.05) is 25.0 Å². The number of hydrogen-bond acceptors (Lipinski definition) is 3. The summed E-state index contributed by atoms with van der Waals surface area (Å²) in [6, 6.07) is 5.89. The van der Waals surface area contributed by atoms with Crippen molar-refractivity contribution in [3.63, 3.8) is 0 Å². The van der Waals surface area contributed by atoms with E-state index in [1.807, 2.05) is 37.1 Å². The summed E-state index contributed by atoms with van der Waals surface area (Å²) in [7, 11) is 1.89. The van der Waals surface area contributed by atoms with Crippen molar-refractivity contribution in [2.45, 2.75) is 13.5 Å². The number of amides is 1. The standard InChI is InChI=1S/C12H18BrN3O/c1-3-15-12(17)8-16(2)11-6-10(13)5-4-9(11)7-14/h4-6H,3,7-8,14H2,1-2H3,(H,15,17). The van der Waals surface area contributed by atoms with Gasteiger partial charge in [-0.3, -0.25) is 4.79 Å². The second-order valence-electron chi connectivity index (χ2n) is 3.79. The van der Waals surface area contributed by atoms with Crippen LogP contribution in [0.5, 0.6) is 0 Å². The molecule has 0 atom stereocenters. The zero-order chi connectivity index (χ0) is 12.8. The summed E-state index contributed by atoms with van der Waals surface area (Å²) in [5, 5.41) is 2.77. The van der Waals surface area contributed by atoms with E-state index >= 15 is 0 Å². The molecule has 1 aromatic rings. The van der Waals surface area contributed by atoms with Crippen molar-refractivity contribution in [1.29, 1.82) is 0 Å². The van der Waals surface area contributed by atoms with Crippen LogP contribution in [-0.4, -0.2) is 26.0 Å². The Morgan fingerprint density at radius 2 is 2.24 bits per heavy atom. The fourth-order valence-electron chi connectivity index (χ4n) is 1.62. The molecule has 0 aliphatic heterocycles. The third-order valence-corrected chi connectivity index (χ3v) is 2.93. The lowest BCUT2D eigenvalue weighted by molar-refractivity contribution is -0.119. The molecule has 5 heteroatoms. The van der Waals surface area contributed by atoms with Crippen molar-refractivity contribution in [3.05, 3.63) is 28.2 Å². The summed E-state index contributed by atoms with van der Waals surface area (Å²) in [5.74, 6) is 0.0120. The van der Waals surface area contributed by atoms with E-state index in [-0.39, 0.29) is 5.91 Å². The fraction of sp³-hybridized carbons (Fsp3) is 0.417. The van der Waals surface area contributed by atoms with Crippen LogP contribution in [0.15, 0.2) is 22.7 Å². The van der Waals surface area contributed by atoms with Gasteiger partial charge < -0.3 is 16.0 Å². The molecule has 94 valence electrons. The summed E-state index contributed by atoms with van der Waals surface area (Å²) in [5.41, 5.74) is 7.69. The number of carbonyl (C=O) groups is 1. The highest BCUT2D eigenvalue weighted by molar-refractivity contribution is 9.10. The summed E-state index contributed by atoms with van der Waals surface area (Å²) in [6.45, 7) is 3.34. The van der Waals surface area contributed by atoms with Gasteiger partial charge in [0.1, 0.15) is 0 Å². The molecule has 0 aliphatic carbocycles. The van der Waals surface area contributed by atoms with Crippen molar-refractivity contribution in [2.24, 2.45) is 5.73 Å². The predicted molar refractivity (Wildman–Crippen MR) is 74.0 cm³/mol. The Morgan fingerprint density at radius 1 is 1.53 bits per heavy atom. The highest BCUT2D eigenvalue weighted by atomic mass is 79.9. The fourth-order valence-corrected chi connectivity index (χ4v) is 1.97. The molecule has 1 aromatic carbocycles. The summed E-state index contributed by atoms with van der Waals surface area (Å²) >= 11 is 3.42. The van der Waals surface area contributed by atoms with Crippen LogP contribution < -0.4 is 16.0 Å². The number of halogens is 1. The van der Waals surface area contributed by atoms with E-state index in [1.165, 1.54) is 0 Å². The summed E-state index contributed by atoms with van der Waals surface area (Å²) in [6.07, 6.45) is 0. The lowest BCUT2D eigenvalue weighted by atomic mass is 10.1. The first-order chi connectivity index (χ1) is 8.08. The number of hydrogen-bond donors (Lipinski definition) is 2. The maximum Gasteiger partial charge on any atom is 0.239 e. The van der Waals surface area contributed by atoms with Gasteiger partial charge in [0.25, 0.3) is 0 Å². The number of rotatable bonds is 5. The Kier molecular flexibility index (Phi) is 5.44. The van der Waals surface area contributed by atoms with Crippen LogP contribution in [0.4, 0.5) is 5.69 Å². The lowest BCUT2D eigenvalue weighted by Gasteiger charge is -2.21. The van der Waals surface area contributed by atoms with Gasteiger partial charge in [-0.25, -0.2) is 0 Å². The Balaban J connectivity index is 2.83. The molecule has 0 fully saturated rings. The number of carbonyl (C=O) groups excluding carboxylic acids is 1. The van der Waals surface area contributed by atoms with Crippen molar-refractivity contribution < 1.29 is 4.79 Å². The van der Waals surface area contributed by atoms with Gasteiger partial charge in [0.15, 0.2) is 0 Å². The number of nitrogens with two attached hydrogens (primary N) is 1. The molecule has 0 spiro atoms. The van der Waals surface area contributed by atoms with Gasteiger partial charge in [-0.1, -0.05) is 22.0 Å². The number of nitrogens with one attached hydrogen (secondary N) is 1. The van der Waals surface area contributed by atoms with Gasteiger partial charge in [0, 0.05) is 30.3 Å². The molecule has 0 saturated carbocycles. The molecule has 4 nitrogen and oxygen atoms in total. The van der Waals surface area contributed by atoms with Crippen LogP contribution >= 0.6 is 15.9 Å². The zero-order valence-corrected chi connectivity index (χ0v) is 11.8. The minimum atomic E-state index is 0.0120. The summed E-state index contributed by atoms with van der Waals surface area (Å²) < 4.78 is 0.979. The second kappa shape index (κ2) is 6.61. The molecule has 0 radical (unpaired) electrons. The highest BCUT2D eigenvalue weighted by Gasteiger charge is 2.10. The lowest BCUT2D eigenvalue weighted by Crippen LogP contribution is -2.35. The van der Waals surface area contributed by atoms with E-state index in [9.17, 15) is 4.79 Å². The van der Waals surface area contributed by atoms with Crippen LogP contribution in [0.3, 0.4) is 0 Å². The van der Waals surface area contributed by atoms with Crippen LogP contribution in [0.1, 0.15) is 12.5 Å². The van der Waals surface area contributed by atoms with E-state index in [0.717, 1.165) is 15.7 Å². The Morgan fingerprint density at radius 3 is 2.82 bits per heavy atom. The van der Waals surface area contributed by atoms with Gasteiger partial charge in [-0.05, 0) is 24.6 Å². The topological polar surface area (TPSA) is 58.4 Å². The molecule has 1 rings (SSSR count).